The second kappa shape index (κ2) is 10.9. The molecule has 0 aliphatic carbocycles. The first-order valence-corrected chi connectivity index (χ1v) is 10.9. The molecule has 0 bridgehead atoms. The van der Waals surface area contributed by atoms with Gasteiger partial charge in [-0.05, 0) is 37.8 Å². The number of imidazole rings is 1. The molecular formula is C22H33F2N5O2. The fraction of sp³-hybridized carbons (Fsp3) is 0.636. The van der Waals surface area contributed by atoms with Crippen LogP contribution in [0.2, 0.25) is 0 Å². The van der Waals surface area contributed by atoms with Crippen LogP contribution in [0.5, 0.6) is 5.75 Å². The minimum Gasteiger partial charge on any atom is -0.431 e. The van der Waals surface area contributed by atoms with Crippen molar-refractivity contribution in [3.05, 3.63) is 24.3 Å². The number of hydrogen-bond donors (Lipinski definition) is 2. The molecule has 2 aliphatic rings. The molecule has 2 saturated heterocycles. The highest BCUT2D eigenvalue weighted by Gasteiger charge is 2.26. The fourth-order valence-electron chi connectivity index (χ4n) is 3.92. The lowest BCUT2D eigenvalue weighted by Crippen LogP contribution is -2.37. The van der Waals surface area contributed by atoms with Crippen molar-refractivity contribution in [1.29, 1.82) is 0 Å². The van der Waals surface area contributed by atoms with Crippen molar-refractivity contribution in [3.63, 3.8) is 0 Å². The summed E-state index contributed by atoms with van der Waals surface area (Å²) in [7, 11) is 0. The summed E-state index contributed by atoms with van der Waals surface area (Å²) in [6, 6.07) is 2.25. The molecule has 0 aromatic carbocycles. The molecule has 172 valence electrons. The molecule has 4 heterocycles. The molecule has 3 N–H and O–H groups in total. The summed E-state index contributed by atoms with van der Waals surface area (Å²) in [5.41, 5.74) is 6.74. The Bertz CT molecular complexity index is 821. The first-order valence-electron chi connectivity index (χ1n) is 10.9. The van der Waals surface area contributed by atoms with E-state index >= 15 is 0 Å². The van der Waals surface area contributed by atoms with Crippen molar-refractivity contribution < 1.29 is 18.3 Å². The second-order valence-electron chi connectivity index (χ2n) is 8.56. The normalized spacial score (nSPS) is 20.2. The average Bonchev–Trinajstić information content (AvgIpc) is 3.40. The van der Waals surface area contributed by atoms with Crippen LogP contribution in [0, 0.1) is 5.92 Å². The number of hydrogen-bond acceptors (Lipinski definition) is 6. The van der Waals surface area contributed by atoms with Gasteiger partial charge in [0.1, 0.15) is 5.82 Å². The molecule has 2 aromatic rings. The highest BCUT2D eigenvalue weighted by Crippen LogP contribution is 2.28. The SMILES string of the molecule is CC(C)c1ncc(-c2cnc(N)c(OC(F)F)c2)[nH]1.CC1CCN(C2CCOCC2)C1. The topological polar surface area (TPSA) is 89.3 Å². The number of halogens is 2. The van der Waals surface area contributed by atoms with Crippen LogP contribution in [0.1, 0.15) is 51.8 Å². The van der Waals surface area contributed by atoms with Gasteiger partial charge >= 0.3 is 6.61 Å². The van der Waals surface area contributed by atoms with Gasteiger partial charge in [-0.2, -0.15) is 8.78 Å². The standard InChI is InChI=1S/C12H14F2N4O.C10H19NO/c1-6(2)11-17-5-8(18-11)7-3-9(19-12(13)14)10(15)16-4-7;1-9-2-5-11(8-9)10-3-6-12-7-4-10/h3-6,12H,1-2H3,(H2,15,16)(H,17,18);9-10H,2-8H2,1H3. The highest BCUT2D eigenvalue weighted by molar-refractivity contribution is 5.63. The third kappa shape index (κ3) is 6.61. The van der Waals surface area contributed by atoms with Crippen LogP contribution in [0.4, 0.5) is 14.6 Å². The monoisotopic (exact) mass is 437 g/mol. The summed E-state index contributed by atoms with van der Waals surface area (Å²) in [6.07, 6.45) is 7.01. The molecule has 9 heteroatoms. The lowest BCUT2D eigenvalue weighted by Gasteiger charge is -2.30. The maximum atomic E-state index is 12.2. The van der Waals surface area contributed by atoms with Crippen LogP contribution in [0.25, 0.3) is 11.3 Å². The van der Waals surface area contributed by atoms with Crippen molar-refractivity contribution in [3.8, 4) is 17.0 Å². The van der Waals surface area contributed by atoms with Gasteiger partial charge in [-0.1, -0.05) is 20.8 Å². The lowest BCUT2D eigenvalue weighted by molar-refractivity contribution is -0.0494. The summed E-state index contributed by atoms with van der Waals surface area (Å²) in [6.45, 7) is 8.03. The molecule has 31 heavy (non-hydrogen) atoms. The number of H-pyrrole nitrogens is 1. The van der Waals surface area contributed by atoms with E-state index in [4.69, 9.17) is 10.5 Å². The van der Waals surface area contributed by atoms with E-state index in [9.17, 15) is 8.78 Å². The van der Waals surface area contributed by atoms with E-state index in [2.05, 4.69) is 31.5 Å². The maximum absolute atomic E-state index is 12.2. The lowest BCUT2D eigenvalue weighted by atomic mass is 10.1. The van der Waals surface area contributed by atoms with Crippen molar-refractivity contribution >= 4 is 5.82 Å². The number of ether oxygens (including phenoxy) is 2. The van der Waals surface area contributed by atoms with Gasteiger partial charge < -0.3 is 20.2 Å². The Balaban J connectivity index is 0.000000194. The number of rotatable bonds is 5. The zero-order valence-electron chi connectivity index (χ0n) is 18.5. The third-order valence-electron chi connectivity index (χ3n) is 5.71. The summed E-state index contributed by atoms with van der Waals surface area (Å²) in [5.74, 6) is 1.75. The molecule has 0 amide bonds. The van der Waals surface area contributed by atoms with Crippen LogP contribution in [0.3, 0.4) is 0 Å². The molecule has 1 unspecified atom stereocenters. The van der Waals surface area contributed by atoms with Crippen molar-refractivity contribution in [1.82, 2.24) is 19.9 Å². The Morgan fingerprint density at radius 3 is 2.52 bits per heavy atom. The Labute approximate surface area is 182 Å². The molecule has 7 nitrogen and oxygen atoms in total. The van der Waals surface area contributed by atoms with Crippen LogP contribution in [-0.4, -0.2) is 58.8 Å². The molecule has 1 atom stereocenters. The number of aromatic nitrogens is 3. The second-order valence-corrected chi connectivity index (χ2v) is 8.56. The van der Waals surface area contributed by atoms with Crippen LogP contribution < -0.4 is 10.5 Å². The van der Waals surface area contributed by atoms with E-state index in [-0.39, 0.29) is 17.5 Å². The van der Waals surface area contributed by atoms with E-state index in [1.54, 1.807) is 6.20 Å². The van der Waals surface area contributed by atoms with Gasteiger partial charge in [0.2, 0.25) is 0 Å². The number of nitrogens with zero attached hydrogens (tertiary/aromatic N) is 3. The van der Waals surface area contributed by atoms with Crippen molar-refractivity contribution in [2.75, 3.05) is 32.0 Å². The minimum atomic E-state index is -2.94. The number of nitrogen functional groups attached to an aromatic ring is 1. The summed E-state index contributed by atoms with van der Waals surface area (Å²) < 4.78 is 34.1. The minimum absolute atomic E-state index is 0.0763. The third-order valence-corrected chi connectivity index (χ3v) is 5.71. The Hall–Kier alpha value is -2.26. The average molecular weight is 438 g/mol. The molecule has 0 spiro atoms. The zero-order valence-corrected chi connectivity index (χ0v) is 18.5. The van der Waals surface area contributed by atoms with Crippen molar-refractivity contribution in [2.45, 2.75) is 58.6 Å². The van der Waals surface area contributed by atoms with Crippen molar-refractivity contribution in [2.24, 2.45) is 5.92 Å². The van der Waals surface area contributed by atoms with Crippen LogP contribution >= 0.6 is 0 Å². The zero-order chi connectivity index (χ0) is 22.4. The van der Waals surface area contributed by atoms with Gasteiger partial charge in [0.25, 0.3) is 0 Å². The van der Waals surface area contributed by atoms with Gasteiger partial charge in [-0.15, -0.1) is 0 Å². The Kier molecular flexibility index (Phi) is 8.20. The quantitative estimate of drug-likeness (QED) is 0.726. The Morgan fingerprint density at radius 2 is 1.94 bits per heavy atom. The molecule has 2 aliphatic heterocycles. The number of nitrogens with two attached hydrogens (primary N) is 1. The first-order chi connectivity index (χ1) is 14.8. The molecule has 0 radical (unpaired) electrons. The molecule has 2 aromatic heterocycles. The van der Waals surface area contributed by atoms with E-state index in [0.29, 0.717) is 11.3 Å². The van der Waals surface area contributed by atoms with E-state index in [1.807, 2.05) is 13.8 Å². The van der Waals surface area contributed by atoms with Gasteiger partial charge in [0.15, 0.2) is 11.6 Å². The Morgan fingerprint density at radius 1 is 1.19 bits per heavy atom. The van der Waals surface area contributed by atoms with E-state index in [0.717, 1.165) is 31.0 Å². The number of pyridine rings is 1. The number of alkyl halides is 2. The molecule has 2 fully saturated rings. The number of anilines is 1. The predicted octanol–water partition coefficient (Wildman–Crippen LogP) is 4.29. The van der Waals surface area contributed by atoms with Gasteiger partial charge in [-0.3, -0.25) is 4.90 Å². The van der Waals surface area contributed by atoms with Gasteiger partial charge in [-0.25, -0.2) is 9.97 Å². The fourth-order valence-corrected chi connectivity index (χ4v) is 3.92. The predicted molar refractivity (Wildman–Crippen MR) is 116 cm³/mol. The summed E-state index contributed by atoms with van der Waals surface area (Å²) in [4.78, 5) is 13.8. The number of likely N-dealkylation sites (tertiary alicyclic amines) is 1. The molecule has 4 rings (SSSR count). The molecule has 0 saturated carbocycles. The van der Waals surface area contributed by atoms with Crippen LogP contribution in [-0.2, 0) is 4.74 Å². The summed E-state index contributed by atoms with van der Waals surface area (Å²) in [5, 5.41) is 0. The molecular weight excluding hydrogens is 404 g/mol. The largest absolute Gasteiger partial charge is 0.431 e. The van der Waals surface area contributed by atoms with Gasteiger partial charge in [0, 0.05) is 43.5 Å². The van der Waals surface area contributed by atoms with Gasteiger partial charge in [0.05, 0.1) is 11.9 Å². The van der Waals surface area contributed by atoms with E-state index < -0.39 is 6.61 Å². The van der Waals surface area contributed by atoms with Crippen LogP contribution in [0.15, 0.2) is 18.5 Å². The highest BCUT2D eigenvalue weighted by atomic mass is 19.3. The summed E-state index contributed by atoms with van der Waals surface area (Å²) >= 11 is 0. The number of nitrogens with one attached hydrogen (secondary N) is 1. The van der Waals surface area contributed by atoms with E-state index in [1.165, 1.54) is 44.6 Å². The maximum Gasteiger partial charge on any atom is 0.387 e. The first kappa shape index (κ1) is 23.4. The smallest absolute Gasteiger partial charge is 0.387 e. The number of aromatic amines is 1.